The van der Waals surface area contributed by atoms with Gasteiger partial charge in [-0.05, 0) is 53.9 Å². The maximum atomic E-state index is 13.7. The minimum absolute atomic E-state index is 0.187. The molecule has 0 amide bonds. The first-order chi connectivity index (χ1) is 17.0. The van der Waals surface area contributed by atoms with Gasteiger partial charge in [0, 0.05) is 49.9 Å². The number of fused-ring (bicyclic) bond motifs is 1. The highest BCUT2D eigenvalue weighted by molar-refractivity contribution is 7.89. The lowest BCUT2D eigenvalue weighted by Crippen LogP contribution is -2.48. The molecule has 0 spiro atoms. The van der Waals surface area contributed by atoms with E-state index in [4.69, 9.17) is 9.47 Å². The highest BCUT2D eigenvalue weighted by atomic mass is 32.2. The minimum atomic E-state index is -3.66. The van der Waals surface area contributed by atoms with Crippen molar-refractivity contribution in [3.8, 4) is 16.9 Å². The Morgan fingerprint density at radius 3 is 2.29 bits per heavy atom. The van der Waals surface area contributed by atoms with Crippen LogP contribution in [-0.2, 0) is 14.8 Å². The molecule has 35 heavy (non-hydrogen) atoms. The number of piperazine rings is 1. The number of rotatable bonds is 7. The van der Waals surface area contributed by atoms with E-state index in [1.807, 2.05) is 67.6 Å². The van der Waals surface area contributed by atoms with E-state index in [0.29, 0.717) is 31.9 Å². The molecule has 1 aromatic heterocycles. The van der Waals surface area contributed by atoms with Crippen LogP contribution in [0.25, 0.3) is 22.0 Å². The zero-order chi connectivity index (χ0) is 24.4. The van der Waals surface area contributed by atoms with Crippen LogP contribution in [-0.4, -0.2) is 57.8 Å². The Kier molecular flexibility index (Phi) is 6.51. The minimum Gasteiger partial charge on any atom is -0.468 e. The van der Waals surface area contributed by atoms with Gasteiger partial charge >= 0.3 is 0 Å². The number of sulfonamides is 1. The Hall–Kier alpha value is -3.33. The number of H-pyrrole nitrogens is 1. The third-order valence-electron chi connectivity index (χ3n) is 6.49. The standard InChI is InChI=1S/C27H29N3O4S/c1-20-26-24(21-11-13-23(14-12-21)34-19-33-2)9-6-10-25(26)28-27(20)35(31,32)30-17-15-29(16-18-30)22-7-4-3-5-8-22/h3-14,28H,15-19H2,1-2H3. The zero-order valence-electron chi connectivity index (χ0n) is 19.9. The fourth-order valence-electron chi connectivity index (χ4n) is 4.70. The van der Waals surface area contributed by atoms with Gasteiger partial charge in [0.2, 0.25) is 0 Å². The number of hydrogen-bond donors (Lipinski definition) is 1. The van der Waals surface area contributed by atoms with Crippen molar-refractivity contribution in [3.63, 3.8) is 0 Å². The maximum absolute atomic E-state index is 13.7. The first kappa shape index (κ1) is 23.4. The summed E-state index contributed by atoms with van der Waals surface area (Å²) < 4.78 is 39.4. The van der Waals surface area contributed by atoms with Crippen molar-refractivity contribution in [2.75, 3.05) is 45.0 Å². The lowest BCUT2D eigenvalue weighted by atomic mass is 9.99. The second-order valence-corrected chi connectivity index (χ2v) is 10.5. The Bertz CT molecular complexity index is 1410. The van der Waals surface area contributed by atoms with Crippen LogP contribution >= 0.6 is 0 Å². The van der Waals surface area contributed by atoms with Crippen LogP contribution in [0.15, 0.2) is 77.8 Å². The van der Waals surface area contributed by atoms with Gasteiger partial charge in [0.05, 0.1) is 0 Å². The number of ether oxygens (including phenoxy) is 2. The molecular formula is C27H29N3O4S. The normalized spacial score (nSPS) is 15.0. The number of hydrogen-bond acceptors (Lipinski definition) is 5. The molecule has 1 aliphatic rings. The molecule has 4 aromatic rings. The van der Waals surface area contributed by atoms with Gasteiger partial charge in [0.25, 0.3) is 10.0 Å². The predicted octanol–water partition coefficient (Wildman–Crippen LogP) is 4.64. The van der Waals surface area contributed by atoms with Crippen LogP contribution in [0.5, 0.6) is 5.75 Å². The molecule has 0 saturated carbocycles. The van der Waals surface area contributed by atoms with Gasteiger partial charge in [-0.15, -0.1) is 0 Å². The lowest BCUT2D eigenvalue weighted by molar-refractivity contribution is 0.0511. The van der Waals surface area contributed by atoms with Crippen LogP contribution in [0.2, 0.25) is 0 Å². The summed E-state index contributed by atoms with van der Waals surface area (Å²) in [7, 11) is -2.08. The molecule has 1 fully saturated rings. The summed E-state index contributed by atoms with van der Waals surface area (Å²) >= 11 is 0. The Morgan fingerprint density at radius 2 is 1.60 bits per heavy atom. The van der Waals surface area contributed by atoms with Crippen molar-refractivity contribution in [1.82, 2.24) is 9.29 Å². The highest BCUT2D eigenvalue weighted by Crippen LogP contribution is 2.36. The largest absolute Gasteiger partial charge is 0.468 e. The first-order valence-electron chi connectivity index (χ1n) is 11.6. The number of aromatic amines is 1. The molecule has 1 N–H and O–H groups in total. The molecule has 182 valence electrons. The van der Waals surface area contributed by atoms with E-state index in [9.17, 15) is 8.42 Å². The third-order valence-corrected chi connectivity index (χ3v) is 8.46. The van der Waals surface area contributed by atoms with Crippen molar-refractivity contribution in [2.24, 2.45) is 0 Å². The summed E-state index contributed by atoms with van der Waals surface area (Å²) in [5.74, 6) is 0.714. The fraction of sp³-hybridized carbons (Fsp3) is 0.259. The molecule has 0 unspecified atom stereocenters. The molecule has 8 heteroatoms. The number of aryl methyl sites for hydroxylation is 1. The summed E-state index contributed by atoms with van der Waals surface area (Å²) in [5, 5.41) is 1.19. The van der Waals surface area contributed by atoms with E-state index >= 15 is 0 Å². The molecule has 0 radical (unpaired) electrons. The molecule has 1 saturated heterocycles. The van der Waals surface area contributed by atoms with Crippen LogP contribution in [0.3, 0.4) is 0 Å². The van der Waals surface area contributed by atoms with E-state index in [-0.39, 0.29) is 11.8 Å². The summed E-state index contributed by atoms with van der Waals surface area (Å²) in [6.45, 7) is 4.28. The van der Waals surface area contributed by atoms with E-state index in [0.717, 1.165) is 33.3 Å². The molecule has 1 aliphatic heterocycles. The van der Waals surface area contributed by atoms with Gasteiger partial charge in [-0.2, -0.15) is 4.31 Å². The monoisotopic (exact) mass is 491 g/mol. The molecule has 7 nitrogen and oxygen atoms in total. The summed E-state index contributed by atoms with van der Waals surface area (Å²) in [4.78, 5) is 5.43. The van der Waals surface area contributed by atoms with E-state index in [1.165, 1.54) is 0 Å². The number of aromatic nitrogens is 1. The van der Waals surface area contributed by atoms with Crippen LogP contribution in [0, 0.1) is 6.92 Å². The average Bonchev–Trinajstić information content (AvgIpc) is 3.26. The van der Waals surface area contributed by atoms with Gasteiger partial charge in [0.15, 0.2) is 11.8 Å². The van der Waals surface area contributed by atoms with Crippen molar-refractivity contribution < 1.29 is 17.9 Å². The highest BCUT2D eigenvalue weighted by Gasteiger charge is 2.32. The number of anilines is 1. The predicted molar refractivity (Wildman–Crippen MR) is 138 cm³/mol. The van der Waals surface area contributed by atoms with Gasteiger partial charge < -0.3 is 19.4 Å². The van der Waals surface area contributed by atoms with Crippen molar-refractivity contribution in [1.29, 1.82) is 0 Å². The summed E-state index contributed by atoms with van der Waals surface area (Å²) in [5.41, 5.74) is 4.63. The van der Waals surface area contributed by atoms with Gasteiger partial charge in [-0.1, -0.05) is 42.5 Å². The molecule has 0 bridgehead atoms. The molecule has 5 rings (SSSR count). The molecule has 3 aromatic carbocycles. The Labute approximate surface area is 205 Å². The van der Waals surface area contributed by atoms with E-state index in [1.54, 1.807) is 11.4 Å². The van der Waals surface area contributed by atoms with E-state index in [2.05, 4.69) is 22.0 Å². The average molecular weight is 492 g/mol. The van der Waals surface area contributed by atoms with Crippen molar-refractivity contribution in [2.45, 2.75) is 11.9 Å². The zero-order valence-corrected chi connectivity index (χ0v) is 20.7. The number of nitrogens with one attached hydrogen (secondary N) is 1. The SMILES string of the molecule is COCOc1ccc(-c2cccc3[nH]c(S(=O)(=O)N4CCN(c5ccccc5)CC4)c(C)c23)cc1. The summed E-state index contributed by atoms with van der Waals surface area (Å²) in [6, 6.07) is 23.7. The van der Waals surface area contributed by atoms with Crippen LogP contribution in [0.1, 0.15) is 5.56 Å². The smallest absolute Gasteiger partial charge is 0.258 e. The van der Waals surface area contributed by atoms with Crippen LogP contribution < -0.4 is 9.64 Å². The Morgan fingerprint density at radius 1 is 0.886 bits per heavy atom. The number of methoxy groups -OCH3 is 1. The lowest BCUT2D eigenvalue weighted by Gasteiger charge is -2.35. The van der Waals surface area contributed by atoms with Gasteiger partial charge in [-0.3, -0.25) is 0 Å². The second-order valence-electron chi connectivity index (χ2n) is 8.61. The van der Waals surface area contributed by atoms with E-state index < -0.39 is 10.0 Å². The van der Waals surface area contributed by atoms with Gasteiger partial charge in [0.1, 0.15) is 5.75 Å². The Balaban J connectivity index is 1.43. The quantitative estimate of drug-likeness (QED) is 0.381. The topological polar surface area (TPSA) is 74.9 Å². The molecule has 0 atom stereocenters. The van der Waals surface area contributed by atoms with Crippen molar-refractivity contribution >= 4 is 26.6 Å². The maximum Gasteiger partial charge on any atom is 0.258 e. The molecular weight excluding hydrogens is 462 g/mol. The number of nitrogens with zero attached hydrogens (tertiary/aromatic N) is 2. The molecule has 0 aliphatic carbocycles. The summed E-state index contributed by atoms with van der Waals surface area (Å²) in [6.07, 6.45) is 0. The third kappa shape index (κ3) is 4.52. The fourth-order valence-corrected chi connectivity index (χ4v) is 6.33. The molecule has 2 heterocycles. The second kappa shape index (κ2) is 9.73. The number of para-hydroxylation sites is 1. The first-order valence-corrected chi connectivity index (χ1v) is 13.1. The van der Waals surface area contributed by atoms with Gasteiger partial charge in [-0.25, -0.2) is 8.42 Å². The van der Waals surface area contributed by atoms with Crippen molar-refractivity contribution in [3.05, 3.63) is 78.4 Å². The number of benzene rings is 3. The van der Waals surface area contributed by atoms with Crippen LogP contribution in [0.4, 0.5) is 5.69 Å².